The fourth-order valence-electron chi connectivity index (χ4n) is 0. The molecule has 26 valence electrons. The second-order valence-electron chi connectivity index (χ2n) is 0.105. The molecule has 0 saturated heterocycles. The number of rotatable bonds is 0. The Hall–Kier alpha value is -0.240. The minimum atomic E-state index is -0.250. The molecule has 0 aliphatic rings. The molecule has 0 unspecified atom stereocenters. The van der Waals surface area contributed by atoms with Gasteiger partial charge in [0.15, 0.2) is 0 Å². The summed E-state index contributed by atoms with van der Waals surface area (Å²) in [6.07, 6.45) is 0. The quantitative estimate of drug-likeness (QED) is 0.313. The van der Waals surface area contributed by atoms with E-state index in [0.717, 1.165) is 0 Å². The summed E-state index contributed by atoms with van der Waals surface area (Å²) in [6.45, 7) is -0.250. The first-order valence-corrected chi connectivity index (χ1v) is 0.494. The predicted molar refractivity (Wildman–Crippen MR) is 9.80 cm³/mol. The molecular formula is CH3ClO2. The zero-order chi connectivity index (χ0) is 2.71. The molecule has 0 fully saturated rings. The molecule has 0 aromatic heterocycles. The third-order valence-corrected chi connectivity index (χ3v) is 0. The average molecular weight is 82.5 g/mol. The van der Waals surface area contributed by atoms with Crippen LogP contribution in [0.5, 0.6) is 0 Å². The van der Waals surface area contributed by atoms with Crippen LogP contribution in [-0.4, -0.2) is 11.6 Å². The number of halogens is 1. The Balaban J connectivity index is -0.0000000200. The average Bonchev–Trinajstić information content (AvgIpc) is 0.918. The molecule has 0 radical (unpaired) electrons. The predicted octanol–water partition coefficient (Wildman–Crippen LogP) is -3.18. The number of hydrogen-bond acceptors (Lipinski definition) is 1. The molecule has 0 spiro atoms. The smallest absolute Gasteiger partial charge is 1.00 e. The summed E-state index contributed by atoms with van der Waals surface area (Å²) in [5, 5.41) is 6.89. The highest BCUT2D eigenvalue weighted by atomic mass is 35.5. The maximum Gasteiger partial charge on any atom is 1.00 e. The van der Waals surface area contributed by atoms with E-state index in [4.69, 9.17) is 9.90 Å². The van der Waals surface area contributed by atoms with Gasteiger partial charge < -0.3 is 17.5 Å². The van der Waals surface area contributed by atoms with Crippen LogP contribution in [0.25, 0.3) is 0 Å². The van der Waals surface area contributed by atoms with Crippen LogP contribution in [0.1, 0.15) is 1.43 Å². The zero-order valence-electron chi connectivity index (χ0n) is 2.81. The number of carbonyl (C=O) groups is 1. The van der Waals surface area contributed by atoms with E-state index < -0.39 is 0 Å². The molecule has 0 amide bonds. The highest BCUT2D eigenvalue weighted by Crippen LogP contribution is 0.966. The van der Waals surface area contributed by atoms with Crippen LogP contribution in [0.4, 0.5) is 0 Å². The van der Waals surface area contributed by atoms with E-state index in [9.17, 15) is 0 Å². The maximum atomic E-state index is 8.36. The Bertz CT molecular complexity index is 17.1. The van der Waals surface area contributed by atoms with Crippen LogP contribution in [0.2, 0.25) is 0 Å². The first kappa shape index (κ1) is 9.25. The summed E-state index contributed by atoms with van der Waals surface area (Å²) in [6, 6.07) is 0. The first-order valence-electron chi connectivity index (χ1n) is 0.494. The Morgan fingerprint density at radius 2 is 2.00 bits per heavy atom. The van der Waals surface area contributed by atoms with Gasteiger partial charge >= 0.3 is 1.43 Å². The lowest BCUT2D eigenvalue weighted by Gasteiger charge is -1.34. The van der Waals surface area contributed by atoms with Gasteiger partial charge in [-0.2, -0.15) is 0 Å². The lowest BCUT2D eigenvalue weighted by molar-refractivity contribution is -0.122. The van der Waals surface area contributed by atoms with Gasteiger partial charge in [-0.25, -0.2) is 0 Å². The monoisotopic (exact) mass is 82.0 g/mol. The zero-order valence-corrected chi connectivity index (χ0v) is 2.57. The second kappa shape index (κ2) is 14.8. The molecule has 0 atom stereocenters. The molecule has 4 heavy (non-hydrogen) atoms. The van der Waals surface area contributed by atoms with Gasteiger partial charge in [0.25, 0.3) is 6.47 Å². The first-order chi connectivity index (χ1) is 1.41. The van der Waals surface area contributed by atoms with Gasteiger partial charge in [-0.3, -0.25) is 4.79 Å². The van der Waals surface area contributed by atoms with Gasteiger partial charge in [0.2, 0.25) is 0 Å². The highest BCUT2D eigenvalue weighted by Gasteiger charge is 1.22. The van der Waals surface area contributed by atoms with Crippen LogP contribution < -0.4 is 12.4 Å². The van der Waals surface area contributed by atoms with Gasteiger partial charge in [0, 0.05) is 0 Å². The fraction of sp³-hybridized carbons (Fsp3) is 0. The van der Waals surface area contributed by atoms with Gasteiger partial charge in [-0.15, -0.1) is 0 Å². The number of hydrogen-bond donors (Lipinski definition) is 1. The molecule has 2 nitrogen and oxygen atoms in total. The van der Waals surface area contributed by atoms with Crippen molar-refractivity contribution in [2.24, 2.45) is 0 Å². The van der Waals surface area contributed by atoms with E-state index in [2.05, 4.69) is 0 Å². The molecular weight excluding hydrogens is 79.5 g/mol. The van der Waals surface area contributed by atoms with Crippen molar-refractivity contribution in [2.75, 3.05) is 0 Å². The van der Waals surface area contributed by atoms with E-state index in [1.165, 1.54) is 0 Å². The molecule has 0 heterocycles. The molecule has 0 rings (SSSR count). The van der Waals surface area contributed by atoms with E-state index in [0.29, 0.717) is 0 Å². The van der Waals surface area contributed by atoms with E-state index in [1.807, 2.05) is 0 Å². The van der Waals surface area contributed by atoms with Crippen LogP contribution >= 0.6 is 0 Å². The maximum absolute atomic E-state index is 8.36. The third-order valence-electron chi connectivity index (χ3n) is 0. The molecule has 1 N–H and O–H groups in total. The van der Waals surface area contributed by atoms with Crippen molar-refractivity contribution in [1.29, 1.82) is 0 Å². The van der Waals surface area contributed by atoms with Crippen LogP contribution in [0, 0.1) is 0 Å². The molecule has 0 saturated carbocycles. The Labute approximate surface area is 31.3 Å². The number of carboxylic acid groups (broad SMARTS) is 1. The summed E-state index contributed by atoms with van der Waals surface area (Å²) in [5.41, 5.74) is 0. The van der Waals surface area contributed by atoms with Crippen molar-refractivity contribution in [3.05, 3.63) is 0 Å². The SMILES string of the molecule is O=CO.[Cl-].[H+]. The van der Waals surface area contributed by atoms with Crippen molar-refractivity contribution >= 4 is 6.47 Å². The van der Waals surface area contributed by atoms with E-state index >= 15 is 0 Å². The lowest BCUT2D eigenvalue weighted by atomic mass is 11.7. The minimum Gasteiger partial charge on any atom is -1.00 e. The Morgan fingerprint density at radius 3 is 2.00 bits per heavy atom. The minimum absolute atomic E-state index is 0. The third kappa shape index (κ3) is 17.6. The van der Waals surface area contributed by atoms with E-state index in [1.54, 1.807) is 0 Å². The van der Waals surface area contributed by atoms with Gasteiger partial charge in [-0.05, 0) is 0 Å². The van der Waals surface area contributed by atoms with Crippen molar-refractivity contribution < 1.29 is 23.7 Å². The molecule has 0 aliphatic heterocycles. The molecule has 3 heteroatoms. The highest BCUT2D eigenvalue weighted by molar-refractivity contribution is 5.32. The normalized spacial score (nSPS) is 3.00. The molecule has 0 bridgehead atoms. The molecule has 0 aromatic rings. The standard InChI is InChI=1S/CH2O2.ClH/c2-1-3;/h1H,(H,2,3);1H. The second-order valence-corrected chi connectivity index (χ2v) is 0.105. The van der Waals surface area contributed by atoms with E-state index in [-0.39, 0.29) is 20.3 Å². The molecule has 0 aromatic carbocycles. The van der Waals surface area contributed by atoms with Gasteiger partial charge in [0.1, 0.15) is 0 Å². The summed E-state index contributed by atoms with van der Waals surface area (Å²) in [4.78, 5) is 8.36. The van der Waals surface area contributed by atoms with Crippen LogP contribution in [-0.2, 0) is 4.79 Å². The largest absolute Gasteiger partial charge is 1.00 e. The summed E-state index contributed by atoms with van der Waals surface area (Å²) >= 11 is 0. The summed E-state index contributed by atoms with van der Waals surface area (Å²) in [5.74, 6) is 0. The summed E-state index contributed by atoms with van der Waals surface area (Å²) < 4.78 is 0. The molecule has 0 aliphatic carbocycles. The van der Waals surface area contributed by atoms with Crippen LogP contribution in [0.15, 0.2) is 0 Å². The topological polar surface area (TPSA) is 37.3 Å². The van der Waals surface area contributed by atoms with Crippen molar-refractivity contribution in [3.8, 4) is 0 Å². The summed E-state index contributed by atoms with van der Waals surface area (Å²) in [7, 11) is 0. The fourth-order valence-corrected chi connectivity index (χ4v) is 0. The van der Waals surface area contributed by atoms with Crippen LogP contribution in [0.3, 0.4) is 0 Å². The van der Waals surface area contributed by atoms with Gasteiger partial charge in [0.05, 0.1) is 0 Å². The van der Waals surface area contributed by atoms with Crippen molar-refractivity contribution in [3.63, 3.8) is 0 Å². The Morgan fingerprint density at radius 1 is 2.00 bits per heavy atom. The van der Waals surface area contributed by atoms with Crippen molar-refractivity contribution in [2.45, 2.75) is 0 Å². The van der Waals surface area contributed by atoms with Crippen molar-refractivity contribution in [1.82, 2.24) is 0 Å². The lowest BCUT2D eigenvalue weighted by Crippen LogP contribution is -3.00. The Kier molecular flexibility index (Phi) is 34.2. The van der Waals surface area contributed by atoms with Gasteiger partial charge in [-0.1, -0.05) is 0 Å².